The summed E-state index contributed by atoms with van der Waals surface area (Å²) < 4.78 is 5.71. The second kappa shape index (κ2) is 7.34. The average Bonchev–Trinajstić information content (AvgIpc) is 2.97. The van der Waals surface area contributed by atoms with Gasteiger partial charge >= 0.3 is 0 Å². The highest BCUT2D eigenvalue weighted by Gasteiger charge is 2.18. The van der Waals surface area contributed by atoms with Gasteiger partial charge in [-0.2, -0.15) is 0 Å². The molecule has 3 nitrogen and oxygen atoms in total. The van der Waals surface area contributed by atoms with Crippen LogP contribution in [0.5, 0.6) is 5.75 Å². The van der Waals surface area contributed by atoms with Gasteiger partial charge in [0.15, 0.2) is 0 Å². The number of ether oxygens (including phenoxy) is 1. The molecule has 22 heavy (non-hydrogen) atoms. The van der Waals surface area contributed by atoms with Crippen LogP contribution in [-0.2, 0) is 12.8 Å². The van der Waals surface area contributed by atoms with Gasteiger partial charge in [-0.05, 0) is 56.9 Å². The fourth-order valence-electron chi connectivity index (χ4n) is 2.58. The van der Waals surface area contributed by atoms with Crippen molar-refractivity contribution in [3.8, 4) is 5.75 Å². The highest BCUT2D eigenvalue weighted by molar-refractivity contribution is 7.99. The Balaban J connectivity index is 1.47. The van der Waals surface area contributed by atoms with Crippen molar-refractivity contribution in [3.05, 3.63) is 46.4 Å². The first kappa shape index (κ1) is 15.6. The van der Waals surface area contributed by atoms with Crippen LogP contribution < -0.4 is 4.74 Å². The van der Waals surface area contributed by atoms with Crippen molar-refractivity contribution in [1.82, 2.24) is 9.97 Å². The number of hydrogen-bond donors (Lipinski definition) is 0. The lowest BCUT2D eigenvalue weighted by Gasteiger charge is -2.09. The zero-order valence-corrected chi connectivity index (χ0v) is 14.2. The number of fused-ring (bicyclic) bond motifs is 1. The largest absolute Gasteiger partial charge is 0.494 e. The summed E-state index contributed by atoms with van der Waals surface area (Å²) in [5.74, 6) is 2.77. The summed E-state index contributed by atoms with van der Waals surface area (Å²) in [5, 5.41) is 1.90. The highest BCUT2D eigenvalue weighted by Crippen LogP contribution is 2.29. The number of nitrogens with zero attached hydrogens (tertiary/aromatic N) is 2. The van der Waals surface area contributed by atoms with Crippen LogP contribution in [0.2, 0.25) is 5.02 Å². The van der Waals surface area contributed by atoms with Gasteiger partial charge in [-0.25, -0.2) is 9.97 Å². The summed E-state index contributed by atoms with van der Waals surface area (Å²) in [7, 11) is 0. The van der Waals surface area contributed by atoms with Gasteiger partial charge < -0.3 is 4.74 Å². The van der Waals surface area contributed by atoms with Crippen molar-refractivity contribution in [2.45, 2.75) is 37.6 Å². The van der Waals surface area contributed by atoms with Crippen molar-refractivity contribution >= 4 is 23.4 Å². The van der Waals surface area contributed by atoms with Gasteiger partial charge in [-0.1, -0.05) is 11.6 Å². The van der Waals surface area contributed by atoms with E-state index in [1.807, 2.05) is 43.0 Å². The molecular formula is C17H19ClN2OS. The quantitative estimate of drug-likeness (QED) is 0.443. The summed E-state index contributed by atoms with van der Waals surface area (Å²) in [4.78, 5) is 9.15. The molecule has 0 saturated carbocycles. The maximum Gasteiger partial charge on any atom is 0.126 e. The predicted molar refractivity (Wildman–Crippen MR) is 91.1 cm³/mol. The van der Waals surface area contributed by atoms with Gasteiger partial charge in [0.2, 0.25) is 0 Å². The highest BCUT2D eigenvalue weighted by atomic mass is 35.5. The first-order chi connectivity index (χ1) is 10.7. The molecule has 0 fully saturated rings. The van der Waals surface area contributed by atoms with E-state index >= 15 is 0 Å². The molecule has 0 N–H and O–H groups in total. The lowest BCUT2D eigenvalue weighted by Crippen LogP contribution is -2.01. The van der Waals surface area contributed by atoms with Gasteiger partial charge in [0, 0.05) is 22.0 Å². The molecule has 0 spiro atoms. The Hall–Kier alpha value is -1.26. The van der Waals surface area contributed by atoms with Crippen molar-refractivity contribution in [2.24, 2.45) is 0 Å². The van der Waals surface area contributed by atoms with Crippen LogP contribution in [0.15, 0.2) is 29.3 Å². The van der Waals surface area contributed by atoms with Crippen molar-refractivity contribution in [2.75, 3.05) is 12.4 Å². The topological polar surface area (TPSA) is 35.0 Å². The molecule has 116 valence electrons. The van der Waals surface area contributed by atoms with Gasteiger partial charge in [-0.15, -0.1) is 11.8 Å². The van der Waals surface area contributed by atoms with E-state index < -0.39 is 0 Å². The third-order valence-electron chi connectivity index (χ3n) is 3.62. The Morgan fingerprint density at radius 1 is 1.18 bits per heavy atom. The van der Waals surface area contributed by atoms with E-state index in [9.17, 15) is 0 Å². The smallest absolute Gasteiger partial charge is 0.126 e. The van der Waals surface area contributed by atoms with Gasteiger partial charge in [0.25, 0.3) is 0 Å². The average molecular weight is 335 g/mol. The van der Waals surface area contributed by atoms with Gasteiger partial charge in [0.1, 0.15) is 16.6 Å². The fraction of sp³-hybridized carbons (Fsp3) is 0.412. The van der Waals surface area contributed by atoms with Crippen LogP contribution in [0, 0.1) is 6.92 Å². The molecule has 1 heterocycles. The SMILES string of the molecule is Cc1nc2c(c(SCCCOc3ccc(Cl)cc3)n1)CCC2. The number of thioether (sulfide) groups is 1. The van der Waals surface area contributed by atoms with E-state index in [-0.39, 0.29) is 0 Å². The van der Waals surface area contributed by atoms with Crippen LogP contribution in [0.25, 0.3) is 0 Å². The molecule has 2 aromatic rings. The number of rotatable bonds is 6. The Morgan fingerprint density at radius 3 is 2.82 bits per heavy atom. The van der Waals surface area contributed by atoms with Crippen LogP contribution in [0.3, 0.4) is 0 Å². The molecule has 1 aliphatic carbocycles. The Bertz CT molecular complexity index is 646. The lowest BCUT2D eigenvalue weighted by atomic mass is 10.3. The van der Waals surface area contributed by atoms with Crippen LogP contribution >= 0.6 is 23.4 Å². The molecule has 0 saturated heterocycles. The van der Waals surface area contributed by atoms with Crippen molar-refractivity contribution in [1.29, 1.82) is 0 Å². The standard InChI is InChI=1S/C17H19ClN2OS/c1-12-19-16-5-2-4-15(16)17(20-12)22-11-3-10-21-14-8-6-13(18)7-9-14/h6-9H,2-5,10-11H2,1H3. The predicted octanol–water partition coefficient (Wildman–Crippen LogP) is 4.49. The van der Waals surface area contributed by atoms with E-state index in [0.717, 1.165) is 41.6 Å². The summed E-state index contributed by atoms with van der Waals surface area (Å²) >= 11 is 7.68. The maximum absolute atomic E-state index is 5.85. The molecule has 1 aliphatic rings. The lowest BCUT2D eigenvalue weighted by molar-refractivity contribution is 0.318. The molecule has 0 bridgehead atoms. The minimum atomic E-state index is 0.709. The summed E-state index contributed by atoms with van der Waals surface area (Å²) in [6, 6.07) is 7.49. The van der Waals surface area contributed by atoms with E-state index in [4.69, 9.17) is 16.3 Å². The second-order valence-corrected chi connectivity index (χ2v) is 6.88. The maximum atomic E-state index is 5.85. The molecule has 1 aromatic carbocycles. The minimum Gasteiger partial charge on any atom is -0.494 e. The van der Waals surface area contributed by atoms with Crippen LogP contribution in [0.1, 0.15) is 29.9 Å². The molecular weight excluding hydrogens is 316 g/mol. The van der Waals surface area contributed by atoms with Crippen LogP contribution in [-0.4, -0.2) is 22.3 Å². The molecule has 0 atom stereocenters. The normalized spacial score (nSPS) is 13.2. The Labute approximate surface area is 140 Å². The third-order valence-corrected chi connectivity index (χ3v) is 4.97. The van der Waals surface area contributed by atoms with Gasteiger partial charge in [0.05, 0.1) is 6.61 Å². The Morgan fingerprint density at radius 2 is 2.00 bits per heavy atom. The number of halogens is 1. The molecule has 0 unspecified atom stereocenters. The molecule has 0 radical (unpaired) electrons. The van der Waals surface area contributed by atoms with E-state index in [0.29, 0.717) is 6.61 Å². The third kappa shape index (κ3) is 3.93. The van der Waals surface area contributed by atoms with Crippen molar-refractivity contribution < 1.29 is 4.74 Å². The summed E-state index contributed by atoms with van der Waals surface area (Å²) in [6.07, 6.45) is 4.43. The minimum absolute atomic E-state index is 0.709. The van der Waals surface area contributed by atoms with E-state index in [1.165, 1.54) is 22.7 Å². The van der Waals surface area contributed by atoms with Crippen LogP contribution in [0.4, 0.5) is 0 Å². The molecule has 3 rings (SSSR count). The zero-order valence-electron chi connectivity index (χ0n) is 12.6. The number of aryl methyl sites for hydroxylation is 2. The fourth-order valence-corrected chi connectivity index (χ4v) is 3.76. The number of benzene rings is 1. The van der Waals surface area contributed by atoms with E-state index in [1.54, 1.807) is 0 Å². The van der Waals surface area contributed by atoms with E-state index in [2.05, 4.69) is 9.97 Å². The molecule has 0 amide bonds. The monoisotopic (exact) mass is 334 g/mol. The van der Waals surface area contributed by atoms with Crippen molar-refractivity contribution in [3.63, 3.8) is 0 Å². The molecule has 5 heteroatoms. The van der Waals surface area contributed by atoms with Gasteiger partial charge in [-0.3, -0.25) is 0 Å². The first-order valence-corrected chi connectivity index (χ1v) is 8.96. The second-order valence-electron chi connectivity index (χ2n) is 5.36. The zero-order chi connectivity index (χ0) is 15.4. The number of hydrogen-bond acceptors (Lipinski definition) is 4. The molecule has 0 aliphatic heterocycles. The summed E-state index contributed by atoms with van der Waals surface area (Å²) in [6.45, 7) is 2.69. The summed E-state index contributed by atoms with van der Waals surface area (Å²) in [5.41, 5.74) is 2.63. The Kier molecular flexibility index (Phi) is 5.21. The molecule has 1 aromatic heterocycles. The first-order valence-electron chi connectivity index (χ1n) is 7.60. The number of aromatic nitrogens is 2.